The van der Waals surface area contributed by atoms with E-state index in [-0.39, 0.29) is 6.42 Å². The molecule has 1 amide bonds. The third-order valence-electron chi connectivity index (χ3n) is 2.26. The van der Waals surface area contributed by atoms with E-state index in [9.17, 15) is 9.59 Å². The summed E-state index contributed by atoms with van der Waals surface area (Å²) in [6.07, 6.45) is 3.55. The number of amides is 1. The quantitative estimate of drug-likeness (QED) is 0.799. The summed E-state index contributed by atoms with van der Waals surface area (Å²) in [6, 6.07) is 5.02. The van der Waals surface area contributed by atoms with E-state index in [1.165, 1.54) is 14.2 Å². The molecular weight excluding hydrogens is 234 g/mol. The van der Waals surface area contributed by atoms with Crippen molar-refractivity contribution in [1.29, 1.82) is 0 Å². The lowest BCUT2D eigenvalue weighted by Crippen LogP contribution is -2.07. The second kappa shape index (κ2) is 6.44. The van der Waals surface area contributed by atoms with Crippen LogP contribution < -0.4 is 10.5 Å². The highest BCUT2D eigenvalue weighted by Gasteiger charge is 2.12. The number of esters is 1. The first-order valence-corrected chi connectivity index (χ1v) is 5.29. The van der Waals surface area contributed by atoms with E-state index in [0.29, 0.717) is 11.3 Å². The van der Waals surface area contributed by atoms with Crippen molar-refractivity contribution < 1.29 is 19.1 Å². The number of primary amides is 1. The predicted octanol–water partition coefficient (Wildman–Crippen LogP) is 1.37. The number of hydrogen-bond acceptors (Lipinski definition) is 4. The number of methoxy groups -OCH3 is 2. The van der Waals surface area contributed by atoms with E-state index >= 15 is 0 Å². The number of ether oxygens (including phenoxy) is 2. The molecule has 5 nitrogen and oxygen atoms in total. The summed E-state index contributed by atoms with van der Waals surface area (Å²) in [6.45, 7) is 0. The van der Waals surface area contributed by atoms with Gasteiger partial charge >= 0.3 is 5.97 Å². The lowest BCUT2D eigenvalue weighted by molar-refractivity contribution is -0.117. The highest BCUT2D eigenvalue weighted by molar-refractivity contribution is 5.92. The fourth-order valence-electron chi connectivity index (χ4n) is 1.40. The second-order valence-electron chi connectivity index (χ2n) is 3.52. The van der Waals surface area contributed by atoms with Crippen molar-refractivity contribution in [3.05, 3.63) is 35.4 Å². The van der Waals surface area contributed by atoms with Crippen molar-refractivity contribution in [2.24, 2.45) is 5.73 Å². The van der Waals surface area contributed by atoms with E-state index in [0.717, 1.165) is 5.56 Å². The Kier molecular flexibility index (Phi) is 4.92. The van der Waals surface area contributed by atoms with E-state index < -0.39 is 11.9 Å². The molecule has 18 heavy (non-hydrogen) atoms. The predicted molar refractivity (Wildman–Crippen MR) is 67.2 cm³/mol. The largest absolute Gasteiger partial charge is 0.496 e. The normalized spacial score (nSPS) is 10.3. The van der Waals surface area contributed by atoms with Crippen LogP contribution in [0.1, 0.15) is 22.3 Å². The average molecular weight is 249 g/mol. The van der Waals surface area contributed by atoms with Crippen molar-refractivity contribution in [2.45, 2.75) is 6.42 Å². The van der Waals surface area contributed by atoms with E-state index in [1.807, 2.05) is 0 Å². The van der Waals surface area contributed by atoms with Gasteiger partial charge in [-0.2, -0.15) is 0 Å². The molecule has 2 N–H and O–H groups in total. The maximum Gasteiger partial charge on any atom is 0.341 e. The van der Waals surface area contributed by atoms with Gasteiger partial charge in [-0.1, -0.05) is 18.2 Å². The van der Waals surface area contributed by atoms with Crippen LogP contribution in [0.5, 0.6) is 5.75 Å². The molecule has 5 heteroatoms. The van der Waals surface area contributed by atoms with Gasteiger partial charge in [-0.05, 0) is 17.7 Å². The fraction of sp³-hybridized carbons (Fsp3) is 0.231. The first-order chi connectivity index (χ1) is 8.58. The van der Waals surface area contributed by atoms with Crippen LogP contribution in [0.4, 0.5) is 0 Å². The van der Waals surface area contributed by atoms with Crippen molar-refractivity contribution in [3.8, 4) is 5.75 Å². The summed E-state index contributed by atoms with van der Waals surface area (Å²) in [5.41, 5.74) is 6.18. The summed E-state index contributed by atoms with van der Waals surface area (Å²) < 4.78 is 9.74. The van der Waals surface area contributed by atoms with Gasteiger partial charge in [0.15, 0.2) is 0 Å². The van der Waals surface area contributed by atoms with E-state index in [1.54, 1.807) is 30.4 Å². The average Bonchev–Trinajstić information content (AvgIpc) is 2.37. The highest BCUT2D eigenvalue weighted by Crippen LogP contribution is 2.21. The zero-order valence-electron chi connectivity index (χ0n) is 10.3. The van der Waals surface area contributed by atoms with Crippen LogP contribution in [0.25, 0.3) is 6.08 Å². The van der Waals surface area contributed by atoms with E-state index in [2.05, 4.69) is 4.74 Å². The lowest BCUT2D eigenvalue weighted by atomic mass is 10.1. The molecule has 0 aliphatic rings. The Morgan fingerprint density at radius 2 is 2.06 bits per heavy atom. The monoisotopic (exact) mass is 249 g/mol. The van der Waals surface area contributed by atoms with Crippen molar-refractivity contribution in [1.82, 2.24) is 0 Å². The molecular formula is C13H15NO4. The standard InChI is InChI=1S/C13H15NO4/c1-17-11-8-9(4-3-5-12(14)15)6-7-10(11)13(16)18-2/h3-4,6-8H,5H2,1-2H3,(H2,14,15). The Balaban J connectivity index is 2.95. The van der Waals surface area contributed by atoms with Crippen molar-refractivity contribution in [3.63, 3.8) is 0 Å². The Morgan fingerprint density at radius 3 is 2.61 bits per heavy atom. The SMILES string of the molecule is COC(=O)c1ccc(C=CCC(N)=O)cc1OC. The molecule has 0 unspecified atom stereocenters. The Morgan fingerprint density at radius 1 is 1.33 bits per heavy atom. The van der Waals surface area contributed by atoms with Crippen LogP contribution >= 0.6 is 0 Å². The van der Waals surface area contributed by atoms with Crippen molar-refractivity contribution >= 4 is 18.0 Å². The number of benzene rings is 1. The van der Waals surface area contributed by atoms with E-state index in [4.69, 9.17) is 10.5 Å². The lowest BCUT2D eigenvalue weighted by Gasteiger charge is -2.07. The maximum atomic E-state index is 11.4. The summed E-state index contributed by atoms with van der Waals surface area (Å²) >= 11 is 0. The topological polar surface area (TPSA) is 78.6 Å². The molecule has 0 radical (unpaired) electrons. The van der Waals surface area contributed by atoms with Crippen LogP contribution in [0.2, 0.25) is 0 Å². The molecule has 0 bridgehead atoms. The molecule has 96 valence electrons. The Labute approximate surface area is 105 Å². The van der Waals surface area contributed by atoms with Crippen LogP contribution in [0.3, 0.4) is 0 Å². The maximum absolute atomic E-state index is 11.4. The minimum Gasteiger partial charge on any atom is -0.496 e. The Hall–Kier alpha value is -2.30. The molecule has 1 rings (SSSR count). The molecule has 0 saturated heterocycles. The first kappa shape index (κ1) is 13.8. The van der Waals surface area contributed by atoms with Gasteiger partial charge < -0.3 is 15.2 Å². The number of rotatable bonds is 5. The molecule has 0 aromatic heterocycles. The first-order valence-electron chi connectivity index (χ1n) is 5.29. The summed E-state index contributed by atoms with van der Waals surface area (Å²) in [5, 5.41) is 0. The van der Waals surface area contributed by atoms with Gasteiger partial charge in [-0.3, -0.25) is 4.79 Å². The molecule has 0 fully saturated rings. The number of carbonyl (C=O) groups excluding carboxylic acids is 2. The molecule has 0 atom stereocenters. The van der Waals surface area contributed by atoms with Gasteiger partial charge in [0.2, 0.25) is 5.91 Å². The summed E-state index contributed by atoms with van der Waals surface area (Å²) in [4.78, 5) is 22.0. The number of carbonyl (C=O) groups is 2. The van der Waals surface area contributed by atoms with Gasteiger partial charge in [-0.15, -0.1) is 0 Å². The summed E-state index contributed by atoms with van der Waals surface area (Å²) in [7, 11) is 2.78. The van der Waals surface area contributed by atoms with Crippen LogP contribution in [-0.4, -0.2) is 26.1 Å². The van der Waals surface area contributed by atoms with Gasteiger partial charge in [0.05, 0.1) is 14.2 Å². The fourth-order valence-corrected chi connectivity index (χ4v) is 1.40. The summed E-state index contributed by atoms with van der Waals surface area (Å²) in [5.74, 6) is -0.438. The number of nitrogens with two attached hydrogens (primary N) is 1. The van der Waals surface area contributed by atoms with Crippen LogP contribution in [-0.2, 0) is 9.53 Å². The Bertz CT molecular complexity index is 480. The van der Waals surface area contributed by atoms with Crippen molar-refractivity contribution in [2.75, 3.05) is 14.2 Å². The van der Waals surface area contributed by atoms with Crippen LogP contribution in [0.15, 0.2) is 24.3 Å². The second-order valence-corrected chi connectivity index (χ2v) is 3.52. The molecule has 0 aliphatic carbocycles. The molecule has 0 aliphatic heterocycles. The molecule has 1 aromatic carbocycles. The third-order valence-corrected chi connectivity index (χ3v) is 2.26. The van der Waals surface area contributed by atoms with Gasteiger partial charge in [0.25, 0.3) is 0 Å². The minimum absolute atomic E-state index is 0.168. The third kappa shape index (κ3) is 3.62. The molecule has 1 aromatic rings. The minimum atomic E-state index is -0.459. The van der Waals surface area contributed by atoms with Gasteiger partial charge in [-0.25, -0.2) is 4.79 Å². The van der Waals surface area contributed by atoms with Gasteiger partial charge in [0, 0.05) is 6.42 Å². The van der Waals surface area contributed by atoms with Crippen LogP contribution in [0, 0.1) is 0 Å². The number of hydrogen-bond donors (Lipinski definition) is 1. The molecule has 0 heterocycles. The molecule has 0 spiro atoms. The highest BCUT2D eigenvalue weighted by atomic mass is 16.5. The van der Waals surface area contributed by atoms with Gasteiger partial charge in [0.1, 0.15) is 11.3 Å². The zero-order valence-corrected chi connectivity index (χ0v) is 10.3. The zero-order chi connectivity index (χ0) is 13.5. The molecule has 0 saturated carbocycles. The smallest absolute Gasteiger partial charge is 0.341 e.